The summed E-state index contributed by atoms with van der Waals surface area (Å²) >= 11 is 11.3. The average molecular weight is 349 g/mol. The first-order valence-corrected chi connectivity index (χ1v) is 8.04. The molecule has 3 N–H and O–H groups in total. The summed E-state index contributed by atoms with van der Waals surface area (Å²) in [4.78, 5) is -0.385. The highest BCUT2D eigenvalue weighted by Gasteiger charge is 2.22. The van der Waals surface area contributed by atoms with E-state index < -0.39 is 20.9 Å². The number of rotatable bonds is 4. The van der Waals surface area contributed by atoms with Crippen LogP contribution in [0.3, 0.4) is 0 Å². The van der Waals surface area contributed by atoms with Crippen molar-refractivity contribution in [2.45, 2.75) is 11.4 Å². The molecular weight excluding hydrogens is 338 g/mol. The highest BCUT2D eigenvalue weighted by molar-refractivity contribution is 7.92. The van der Waals surface area contributed by atoms with Crippen molar-refractivity contribution >= 4 is 38.9 Å². The number of hydrogen-bond donors (Lipinski definition) is 2. The zero-order chi connectivity index (χ0) is 15.6. The number of benzene rings is 2. The minimum atomic E-state index is -4.03. The van der Waals surface area contributed by atoms with Crippen molar-refractivity contribution in [3.8, 4) is 0 Å². The van der Waals surface area contributed by atoms with Crippen molar-refractivity contribution in [1.82, 2.24) is 0 Å². The lowest BCUT2D eigenvalue weighted by Gasteiger charge is -2.11. The average Bonchev–Trinajstić information content (AvgIpc) is 2.44. The van der Waals surface area contributed by atoms with E-state index in [1.807, 2.05) is 0 Å². The highest BCUT2D eigenvalue weighted by Crippen LogP contribution is 2.30. The van der Waals surface area contributed by atoms with Gasteiger partial charge in [0.25, 0.3) is 10.0 Å². The fourth-order valence-electron chi connectivity index (χ4n) is 1.69. The molecule has 0 bridgehead atoms. The van der Waals surface area contributed by atoms with Crippen LogP contribution < -0.4 is 10.5 Å². The molecule has 0 amide bonds. The third kappa shape index (κ3) is 3.47. The molecule has 0 saturated carbocycles. The number of hydrogen-bond acceptors (Lipinski definition) is 3. The molecule has 2 aromatic rings. The zero-order valence-corrected chi connectivity index (χ0v) is 12.9. The van der Waals surface area contributed by atoms with Gasteiger partial charge in [-0.05, 0) is 29.8 Å². The maximum absolute atomic E-state index is 13.6. The Morgan fingerprint density at radius 2 is 1.90 bits per heavy atom. The summed E-state index contributed by atoms with van der Waals surface area (Å²) in [6, 6.07) is 8.82. The van der Waals surface area contributed by atoms with Crippen molar-refractivity contribution in [3.05, 3.63) is 57.8 Å². The molecule has 0 fully saturated rings. The maximum atomic E-state index is 13.6. The minimum absolute atomic E-state index is 0.246. The van der Waals surface area contributed by atoms with Gasteiger partial charge >= 0.3 is 0 Å². The Kier molecular flexibility index (Phi) is 4.73. The van der Waals surface area contributed by atoms with Crippen LogP contribution >= 0.6 is 23.2 Å². The second kappa shape index (κ2) is 6.19. The molecule has 0 heterocycles. The van der Waals surface area contributed by atoms with Crippen molar-refractivity contribution in [1.29, 1.82) is 0 Å². The fraction of sp³-hybridized carbons (Fsp3) is 0.0769. The number of sulfonamides is 1. The number of nitrogens with one attached hydrogen (secondary N) is 1. The molecule has 21 heavy (non-hydrogen) atoms. The maximum Gasteiger partial charge on any atom is 0.263 e. The first-order chi connectivity index (χ1) is 9.85. The number of halogens is 3. The molecule has 112 valence electrons. The van der Waals surface area contributed by atoms with Crippen molar-refractivity contribution in [2.75, 3.05) is 4.72 Å². The van der Waals surface area contributed by atoms with Crippen LogP contribution in [0.4, 0.5) is 10.1 Å². The molecule has 0 unspecified atom stereocenters. The summed E-state index contributed by atoms with van der Waals surface area (Å²) in [6.07, 6.45) is 0. The van der Waals surface area contributed by atoms with Crippen LogP contribution in [0.25, 0.3) is 0 Å². The molecule has 2 rings (SSSR count). The molecule has 0 aromatic heterocycles. The van der Waals surface area contributed by atoms with Crippen LogP contribution in [0, 0.1) is 5.82 Å². The lowest BCUT2D eigenvalue weighted by atomic mass is 10.2. The number of anilines is 1. The normalized spacial score (nSPS) is 11.4. The summed E-state index contributed by atoms with van der Waals surface area (Å²) in [5.41, 5.74) is 6.55. The van der Waals surface area contributed by atoms with Crippen LogP contribution in [0.15, 0.2) is 41.3 Å². The van der Waals surface area contributed by atoms with Gasteiger partial charge in [0.05, 0.1) is 10.0 Å². The van der Waals surface area contributed by atoms with Gasteiger partial charge in [0, 0.05) is 12.2 Å². The van der Waals surface area contributed by atoms with E-state index in [0.29, 0.717) is 5.69 Å². The molecule has 0 aliphatic rings. The van der Waals surface area contributed by atoms with E-state index in [2.05, 4.69) is 4.72 Å². The Bertz CT molecular complexity index is 782. The minimum Gasteiger partial charge on any atom is -0.326 e. The van der Waals surface area contributed by atoms with E-state index in [4.69, 9.17) is 28.9 Å². The standard InChI is InChI=1S/C13H11Cl2FN2O2S/c14-10-4-5-11(12(15)13(10)16)21(19,20)18-9-3-1-2-8(6-9)7-17/h1-6,18H,7,17H2. The Hall–Kier alpha value is -1.34. The van der Waals surface area contributed by atoms with Gasteiger partial charge in [-0.2, -0.15) is 0 Å². The molecule has 0 aliphatic heterocycles. The molecule has 0 spiro atoms. The first-order valence-electron chi connectivity index (χ1n) is 5.80. The third-order valence-corrected chi connectivity index (χ3v) is 4.90. The Labute approximate surface area is 131 Å². The lowest BCUT2D eigenvalue weighted by molar-refractivity contribution is 0.595. The van der Waals surface area contributed by atoms with E-state index in [9.17, 15) is 12.8 Å². The van der Waals surface area contributed by atoms with Gasteiger partial charge < -0.3 is 5.73 Å². The van der Waals surface area contributed by atoms with Crippen molar-refractivity contribution in [2.24, 2.45) is 5.73 Å². The van der Waals surface area contributed by atoms with Crippen molar-refractivity contribution in [3.63, 3.8) is 0 Å². The molecule has 4 nitrogen and oxygen atoms in total. The Morgan fingerprint density at radius 1 is 1.19 bits per heavy atom. The fourth-order valence-corrected chi connectivity index (χ4v) is 3.48. The van der Waals surface area contributed by atoms with Gasteiger partial charge in [0.2, 0.25) is 0 Å². The van der Waals surface area contributed by atoms with Gasteiger partial charge in [0.15, 0.2) is 5.82 Å². The Morgan fingerprint density at radius 3 is 2.57 bits per heavy atom. The molecule has 8 heteroatoms. The summed E-state index contributed by atoms with van der Waals surface area (Å²) in [5.74, 6) is -0.975. The first kappa shape index (κ1) is 16.0. The SMILES string of the molecule is NCc1cccc(NS(=O)(=O)c2ccc(Cl)c(F)c2Cl)c1. The van der Waals surface area contributed by atoms with Crippen molar-refractivity contribution < 1.29 is 12.8 Å². The summed E-state index contributed by atoms with van der Waals surface area (Å²) in [6.45, 7) is 0.270. The van der Waals surface area contributed by atoms with Crippen LogP contribution in [0.2, 0.25) is 10.0 Å². The van der Waals surface area contributed by atoms with E-state index in [0.717, 1.165) is 17.7 Å². The van der Waals surface area contributed by atoms with E-state index in [1.165, 1.54) is 0 Å². The van der Waals surface area contributed by atoms with Crippen LogP contribution in [-0.4, -0.2) is 8.42 Å². The third-order valence-electron chi connectivity index (χ3n) is 2.70. The van der Waals surface area contributed by atoms with E-state index >= 15 is 0 Å². The Balaban J connectivity index is 2.41. The monoisotopic (exact) mass is 348 g/mol. The zero-order valence-electron chi connectivity index (χ0n) is 10.6. The summed E-state index contributed by atoms with van der Waals surface area (Å²) in [7, 11) is -4.03. The second-order valence-corrected chi connectivity index (χ2v) is 6.62. The van der Waals surface area contributed by atoms with E-state index in [1.54, 1.807) is 24.3 Å². The smallest absolute Gasteiger partial charge is 0.263 e. The quantitative estimate of drug-likeness (QED) is 0.831. The second-order valence-electron chi connectivity index (χ2n) is 4.18. The van der Waals surface area contributed by atoms with E-state index in [-0.39, 0.29) is 16.5 Å². The molecule has 2 aromatic carbocycles. The van der Waals surface area contributed by atoms with Crippen LogP contribution in [0.1, 0.15) is 5.56 Å². The molecule has 0 atom stereocenters. The molecule has 0 saturated heterocycles. The van der Waals surface area contributed by atoms with Gasteiger partial charge in [-0.1, -0.05) is 35.3 Å². The predicted octanol–water partition coefficient (Wildman–Crippen LogP) is 3.39. The lowest BCUT2D eigenvalue weighted by Crippen LogP contribution is -2.14. The van der Waals surface area contributed by atoms with Gasteiger partial charge in [-0.25, -0.2) is 12.8 Å². The largest absolute Gasteiger partial charge is 0.326 e. The topological polar surface area (TPSA) is 72.2 Å². The highest BCUT2D eigenvalue weighted by atomic mass is 35.5. The van der Waals surface area contributed by atoms with Crippen LogP contribution in [-0.2, 0) is 16.6 Å². The molecule has 0 aliphatic carbocycles. The summed E-state index contributed by atoms with van der Waals surface area (Å²) in [5, 5.41) is -0.797. The summed E-state index contributed by atoms with van der Waals surface area (Å²) < 4.78 is 40.4. The van der Waals surface area contributed by atoms with Gasteiger partial charge in [-0.3, -0.25) is 4.72 Å². The number of nitrogens with two attached hydrogens (primary N) is 1. The molecular formula is C13H11Cl2FN2O2S. The van der Waals surface area contributed by atoms with Gasteiger partial charge in [0.1, 0.15) is 4.90 Å². The van der Waals surface area contributed by atoms with Gasteiger partial charge in [-0.15, -0.1) is 0 Å². The predicted molar refractivity (Wildman–Crippen MR) is 81.6 cm³/mol. The molecule has 0 radical (unpaired) electrons. The van der Waals surface area contributed by atoms with Crippen LogP contribution in [0.5, 0.6) is 0 Å².